The van der Waals surface area contributed by atoms with E-state index < -0.39 is 6.10 Å². The van der Waals surface area contributed by atoms with Crippen LogP contribution in [-0.4, -0.2) is 41.8 Å². The molecule has 1 N–H and O–H groups in total. The lowest BCUT2D eigenvalue weighted by Crippen LogP contribution is -2.16. The summed E-state index contributed by atoms with van der Waals surface area (Å²) in [4.78, 5) is 0. The van der Waals surface area contributed by atoms with Crippen molar-refractivity contribution in [1.29, 1.82) is 0 Å². The van der Waals surface area contributed by atoms with Gasteiger partial charge in [0.1, 0.15) is 6.10 Å². The smallest absolute Gasteiger partial charge is 0.120 e. The Morgan fingerprint density at radius 1 is 1.47 bits per heavy atom. The second kappa shape index (κ2) is 6.96. The van der Waals surface area contributed by atoms with E-state index >= 15 is 0 Å². The van der Waals surface area contributed by atoms with Gasteiger partial charge in [-0.15, -0.1) is 0 Å². The number of aliphatic hydroxyl groups excluding tert-OH is 1. The molecule has 0 bridgehead atoms. The van der Waals surface area contributed by atoms with E-state index in [2.05, 4.69) is 5.10 Å². The maximum absolute atomic E-state index is 10.0. The first-order chi connectivity index (χ1) is 8.07. The number of ether oxygens (including phenoxy) is 2. The average molecular weight is 263 g/mol. The fraction of sp³-hybridized carbons (Fsp3) is 0.727. The molecule has 0 aliphatic rings. The van der Waals surface area contributed by atoms with Crippen LogP contribution in [0.2, 0.25) is 5.02 Å². The summed E-state index contributed by atoms with van der Waals surface area (Å²) in [6.07, 6.45) is 0.763. The molecule has 0 aliphatic heterocycles. The first-order valence-electron chi connectivity index (χ1n) is 5.55. The van der Waals surface area contributed by atoms with Gasteiger partial charge in [-0.2, -0.15) is 5.10 Å². The molecule has 1 aromatic heterocycles. The normalized spacial score (nSPS) is 13.3. The molecule has 0 saturated heterocycles. The van der Waals surface area contributed by atoms with E-state index in [4.69, 9.17) is 21.1 Å². The summed E-state index contributed by atoms with van der Waals surface area (Å²) in [5.74, 6) is 0. The highest BCUT2D eigenvalue weighted by molar-refractivity contribution is 6.31. The lowest BCUT2D eigenvalue weighted by atomic mass is 10.2. The number of rotatable bonds is 7. The van der Waals surface area contributed by atoms with E-state index in [1.807, 2.05) is 13.8 Å². The highest BCUT2D eigenvalue weighted by Crippen LogP contribution is 2.25. The Balaban J connectivity index is 2.61. The number of methoxy groups -OCH3 is 1. The standard InChI is InChI=1S/C11H19ClN2O3/c1-8(2)14-11(9(12)6-13-14)10(15)7-17-5-4-16-3/h6,8,10,15H,4-5,7H2,1-3H3. The fourth-order valence-electron chi connectivity index (χ4n) is 1.49. The van der Waals surface area contributed by atoms with Crippen molar-refractivity contribution in [2.24, 2.45) is 0 Å². The average Bonchev–Trinajstić information content (AvgIpc) is 2.66. The van der Waals surface area contributed by atoms with Crippen molar-refractivity contribution in [1.82, 2.24) is 9.78 Å². The molecule has 1 atom stereocenters. The van der Waals surface area contributed by atoms with Gasteiger partial charge >= 0.3 is 0 Å². The number of aromatic nitrogens is 2. The number of nitrogens with zero attached hydrogens (tertiary/aromatic N) is 2. The van der Waals surface area contributed by atoms with Crippen LogP contribution in [0, 0.1) is 0 Å². The molecule has 1 unspecified atom stereocenters. The van der Waals surface area contributed by atoms with Crippen molar-refractivity contribution in [3.05, 3.63) is 16.9 Å². The van der Waals surface area contributed by atoms with E-state index in [-0.39, 0.29) is 12.6 Å². The van der Waals surface area contributed by atoms with Crippen LogP contribution >= 0.6 is 11.6 Å². The molecule has 6 heteroatoms. The van der Waals surface area contributed by atoms with Crippen molar-refractivity contribution < 1.29 is 14.6 Å². The van der Waals surface area contributed by atoms with E-state index in [0.717, 1.165) is 0 Å². The fourth-order valence-corrected chi connectivity index (χ4v) is 1.75. The van der Waals surface area contributed by atoms with Crippen LogP contribution in [0.15, 0.2) is 6.20 Å². The summed E-state index contributed by atoms with van der Waals surface area (Å²) >= 11 is 6.00. The first kappa shape index (κ1) is 14.4. The summed E-state index contributed by atoms with van der Waals surface area (Å²) in [6.45, 7) is 5.09. The summed E-state index contributed by atoms with van der Waals surface area (Å²) in [6, 6.07) is 0.145. The zero-order valence-corrected chi connectivity index (χ0v) is 11.1. The van der Waals surface area contributed by atoms with E-state index in [1.165, 1.54) is 6.20 Å². The third-order valence-electron chi connectivity index (χ3n) is 2.30. The predicted octanol–water partition coefficient (Wildman–Crippen LogP) is 1.81. The molecule has 0 fully saturated rings. The molecule has 0 saturated carbocycles. The zero-order chi connectivity index (χ0) is 12.8. The van der Waals surface area contributed by atoms with Gasteiger partial charge in [-0.3, -0.25) is 4.68 Å². The number of halogens is 1. The molecule has 0 spiro atoms. The van der Waals surface area contributed by atoms with Crippen LogP contribution in [0.4, 0.5) is 0 Å². The molecule has 0 aliphatic carbocycles. The predicted molar refractivity (Wildman–Crippen MR) is 65.3 cm³/mol. The number of hydrogen-bond donors (Lipinski definition) is 1. The number of hydrogen-bond acceptors (Lipinski definition) is 4. The second-order valence-corrected chi connectivity index (χ2v) is 4.41. The van der Waals surface area contributed by atoms with Crippen molar-refractivity contribution in [3.63, 3.8) is 0 Å². The molecular weight excluding hydrogens is 244 g/mol. The molecule has 1 rings (SSSR count). The van der Waals surface area contributed by atoms with Gasteiger partial charge in [0, 0.05) is 13.2 Å². The van der Waals surface area contributed by atoms with Crippen LogP contribution in [-0.2, 0) is 9.47 Å². The molecular formula is C11H19ClN2O3. The van der Waals surface area contributed by atoms with Crippen LogP contribution in [0.3, 0.4) is 0 Å². The van der Waals surface area contributed by atoms with Gasteiger partial charge in [0.15, 0.2) is 0 Å². The van der Waals surface area contributed by atoms with Crippen molar-refractivity contribution in [2.75, 3.05) is 26.9 Å². The van der Waals surface area contributed by atoms with Gasteiger partial charge in [0.25, 0.3) is 0 Å². The summed E-state index contributed by atoms with van der Waals surface area (Å²) in [5, 5.41) is 14.6. The van der Waals surface area contributed by atoms with Crippen LogP contribution in [0.1, 0.15) is 31.7 Å². The SMILES string of the molecule is COCCOCC(O)c1c(Cl)cnn1C(C)C. The minimum atomic E-state index is -0.774. The van der Waals surface area contributed by atoms with Gasteiger partial charge in [0.2, 0.25) is 0 Å². The summed E-state index contributed by atoms with van der Waals surface area (Å²) < 4.78 is 11.8. The minimum absolute atomic E-state index is 0.145. The van der Waals surface area contributed by atoms with Crippen LogP contribution in [0.25, 0.3) is 0 Å². The number of aliphatic hydroxyl groups is 1. The molecule has 0 aromatic carbocycles. The molecule has 0 amide bonds. The Bertz CT molecular complexity index is 341. The molecule has 0 radical (unpaired) electrons. The Labute approximate surface area is 106 Å². The molecule has 98 valence electrons. The van der Waals surface area contributed by atoms with Crippen LogP contribution in [0.5, 0.6) is 0 Å². The third kappa shape index (κ3) is 3.96. The highest BCUT2D eigenvalue weighted by atomic mass is 35.5. The zero-order valence-electron chi connectivity index (χ0n) is 10.4. The van der Waals surface area contributed by atoms with E-state index in [1.54, 1.807) is 11.8 Å². The Hall–Kier alpha value is -0.620. The maximum atomic E-state index is 10.0. The highest BCUT2D eigenvalue weighted by Gasteiger charge is 2.19. The summed E-state index contributed by atoms with van der Waals surface area (Å²) in [5.41, 5.74) is 0.596. The van der Waals surface area contributed by atoms with Crippen molar-refractivity contribution in [3.8, 4) is 0 Å². The lowest BCUT2D eigenvalue weighted by molar-refractivity contribution is 0.00903. The lowest BCUT2D eigenvalue weighted by Gasteiger charge is -2.16. The topological polar surface area (TPSA) is 56.5 Å². The first-order valence-corrected chi connectivity index (χ1v) is 5.93. The van der Waals surface area contributed by atoms with E-state index in [9.17, 15) is 5.11 Å². The third-order valence-corrected chi connectivity index (χ3v) is 2.59. The van der Waals surface area contributed by atoms with Crippen molar-refractivity contribution in [2.45, 2.75) is 26.0 Å². The minimum Gasteiger partial charge on any atom is -0.384 e. The quantitative estimate of drug-likeness (QED) is 0.762. The van der Waals surface area contributed by atoms with E-state index in [0.29, 0.717) is 23.9 Å². The molecule has 5 nitrogen and oxygen atoms in total. The second-order valence-electron chi connectivity index (χ2n) is 4.00. The molecule has 17 heavy (non-hydrogen) atoms. The Kier molecular flexibility index (Phi) is 5.91. The Morgan fingerprint density at radius 3 is 2.76 bits per heavy atom. The van der Waals surface area contributed by atoms with Crippen molar-refractivity contribution >= 4 is 11.6 Å². The van der Waals surface area contributed by atoms with Gasteiger partial charge in [-0.05, 0) is 13.8 Å². The monoisotopic (exact) mass is 262 g/mol. The van der Waals surface area contributed by atoms with Gasteiger partial charge in [-0.1, -0.05) is 11.6 Å². The maximum Gasteiger partial charge on any atom is 0.120 e. The summed E-state index contributed by atoms with van der Waals surface area (Å²) in [7, 11) is 1.60. The van der Waals surface area contributed by atoms with Gasteiger partial charge in [-0.25, -0.2) is 0 Å². The van der Waals surface area contributed by atoms with Gasteiger partial charge in [0.05, 0.1) is 36.7 Å². The largest absolute Gasteiger partial charge is 0.384 e. The Morgan fingerprint density at radius 2 is 2.18 bits per heavy atom. The molecule has 1 heterocycles. The molecule has 1 aromatic rings. The van der Waals surface area contributed by atoms with Gasteiger partial charge < -0.3 is 14.6 Å². The van der Waals surface area contributed by atoms with Crippen LogP contribution < -0.4 is 0 Å².